The molecular weight excluding hydrogens is 475 g/mol. The number of rotatable bonds is 4. The zero-order valence-corrected chi connectivity index (χ0v) is 22.0. The van der Waals surface area contributed by atoms with Crippen molar-refractivity contribution in [2.45, 2.75) is 64.8 Å². The summed E-state index contributed by atoms with van der Waals surface area (Å²) >= 11 is 0. The average molecular weight is 515 g/mol. The first-order valence-electron chi connectivity index (χ1n) is 13.0. The Morgan fingerprint density at radius 1 is 1.08 bits per heavy atom. The molecule has 1 aromatic carbocycles. The van der Waals surface area contributed by atoms with E-state index in [9.17, 15) is 9.18 Å². The van der Waals surface area contributed by atoms with Crippen molar-refractivity contribution in [3.63, 3.8) is 0 Å². The molecule has 8 nitrogen and oxygen atoms in total. The fraction of sp³-hybridized carbons (Fsp3) is 0.464. The van der Waals surface area contributed by atoms with Crippen LogP contribution in [-0.2, 0) is 4.79 Å². The van der Waals surface area contributed by atoms with Crippen molar-refractivity contribution in [3.8, 4) is 5.75 Å². The lowest BCUT2D eigenvalue weighted by atomic mass is 9.95. The summed E-state index contributed by atoms with van der Waals surface area (Å²) in [6.07, 6.45) is 12.1. The van der Waals surface area contributed by atoms with E-state index in [1.54, 1.807) is 30.0 Å². The van der Waals surface area contributed by atoms with Gasteiger partial charge in [-0.25, -0.2) is 8.91 Å². The number of carbonyl (C=O) groups excluding carboxylic acids is 1. The summed E-state index contributed by atoms with van der Waals surface area (Å²) in [4.78, 5) is 23.4. The number of nitrogens with zero attached hydrogens (tertiary/aromatic N) is 3. The zero-order chi connectivity index (χ0) is 27.0. The van der Waals surface area contributed by atoms with Crippen molar-refractivity contribution < 1.29 is 23.8 Å². The molecule has 202 valence electrons. The van der Waals surface area contributed by atoms with Gasteiger partial charge in [0.05, 0.1) is 24.4 Å². The van der Waals surface area contributed by atoms with Crippen molar-refractivity contribution in [2.24, 2.45) is 0 Å². The Kier molecular flexibility index (Phi) is 13.0. The topological polar surface area (TPSA) is 96.2 Å². The Balaban J connectivity index is 0.000000287. The van der Waals surface area contributed by atoms with Gasteiger partial charge in [0, 0.05) is 31.0 Å². The number of carboxylic acid groups (broad SMARTS) is 1. The van der Waals surface area contributed by atoms with Gasteiger partial charge < -0.3 is 20.1 Å². The second-order valence-corrected chi connectivity index (χ2v) is 8.54. The van der Waals surface area contributed by atoms with Gasteiger partial charge >= 0.3 is 0 Å². The fourth-order valence-corrected chi connectivity index (χ4v) is 4.40. The molecule has 2 aliphatic rings. The van der Waals surface area contributed by atoms with Crippen molar-refractivity contribution in [1.29, 1.82) is 0 Å². The van der Waals surface area contributed by atoms with Crippen LogP contribution in [0.15, 0.2) is 48.8 Å². The summed E-state index contributed by atoms with van der Waals surface area (Å²) in [7, 11) is 1.55. The predicted octanol–water partition coefficient (Wildman–Crippen LogP) is 5.56. The van der Waals surface area contributed by atoms with E-state index in [4.69, 9.17) is 14.6 Å². The van der Waals surface area contributed by atoms with Crippen LogP contribution >= 0.6 is 0 Å². The SMILES string of the molecule is CC.COc1ccc(F)cc1.O=C(NC1CCCCC1)c1cnn2ccc(N3CCCC3)cc12.O=CO. The first-order valence-corrected chi connectivity index (χ1v) is 13.0. The molecule has 1 saturated heterocycles. The summed E-state index contributed by atoms with van der Waals surface area (Å²) in [6, 6.07) is 10.4. The van der Waals surface area contributed by atoms with Crippen LogP contribution in [0.5, 0.6) is 5.75 Å². The molecular formula is C28H39FN4O4. The highest BCUT2D eigenvalue weighted by Gasteiger charge is 2.20. The number of hydrogen-bond acceptors (Lipinski definition) is 5. The molecule has 1 saturated carbocycles. The van der Waals surface area contributed by atoms with Crippen molar-refractivity contribution >= 4 is 23.6 Å². The van der Waals surface area contributed by atoms with Crippen LogP contribution in [0.25, 0.3) is 5.52 Å². The maximum Gasteiger partial charge on any atom is 0.290 e. The van der Waals surface area contributed by atoms with E-state index in [-0.39, 0.29) is 18.2 Å². The van der Waals surface area contributed by atoms with Crippen LogP contribution in [0.2, 0.25) is 0 Å². The van der Waals surface area contributed by atoms with Crippen molar-refractivity contribution in [3.05, 3.63) is 60.2 Å². The Morgan fingerprint density at radius 3 is 2.30 bits per heavy atom. The van der Waals surface area contributed by atoms with Crippen LogP contribution in [0, 0.1) is 5.82 Å². The third-order valence-corrected chi connectivity index (χ3v) is 6.21. The Labute approximate surface area is 218 Å². The van der Waals surface area contributed by atoms with Gasteiger partial charge in [-0.1, -0.05) is 33.1 Å². The van der Waals surface area contributed by atoms with Crippen LogP contribution < -0.4 is 15.0 Å². The molecule has 1 aliphatic heterocycles. The molecule has 0 atom stereocenters. The maximum absolute atomic E-state index is 12.6. The lowest BCUT2D eigenvalue weighted by Crippen LogP contribution is -2.36. The summed E-state index contributed by atoms with van der Waals surface area (Å²) in [5.74, 6) is 0.456. The van der Waals surface area contributed by atoms with E-state index in [0.717, 1.165) is 31.4 Å². The molecule has 5 rings (SSSR count). The van der Waals surface area contributed by atoms with Crippen LogP contribution in [-0.4, -0.2) is 53.3 Å². The zero-order valence-electron chi connectivity index (χ0n) is 22.0. The molecule has 0 unspecified atom stereocenters. The molecule has 0 spiro atoms. The van der Waals surface area contributed by atoms with E-state index in [1.165, 1.54) is 49.9 Å². The van der Waals surface area contributed by atoms with Gasteiger partial charge in [0.15, 0.2) is 0 Å². The summed E-state index contributed by atoms with van der Waals surface area (Å²) in [5, 5.41) is 14.4. The van der Waals surface area contributed by atoms with Gasteiger partial charge in [0.25, 0.3) is 12.4 Å². The number of pyridine rings is 1. The number of nitrogens with one attached hydrogen (secondary N) is 1. The first kappa shape index (κ1) is 29.6. The number of halogens is 1. The Morgan fingerprint density at radius 2 is 1.70 bits per heavy atom. The molecule has 0 radical (unpaired) electrons. The molecule has 2 fully saturated rings. The Hall–Kier alpha value is -3.62. The van der Waals surface area contributed by atoms with Crippen LogP contribution in [0.3, 0.4) is 0 Å². The Bertz CT molecular complexity index is 1080. The molecule has 3 heterocycles. The highest BCUT2D eigenvalue weighted by molar-refractivity contribution is 6.01. The number of aromatic nitrogens is 2. The van der Waals surface area contributed by atoms with Gasteiger partial charge in [0.2, 0.25) is 0 Å². The number of carbonyl (C=O) groups is 2. The highest BCUT2D eigenvalue weighted by Crippen LogP contribution is 2.24. The van der Waals surface area contributed by atoms with Gasteiger partial charge in [-0.15, -0.1) is 0 Å². The van der Waals surface area contributed by atoms with E-state index < -0.39 is 0 Å². The number of fused-ring (bicyclic) bond motifs is 1. The number of anilines is 1. The minimum absolute atomic E-state index is 0.0190. The van der Waals surface area contributed by atoms with Gasteiger partial charge in [-0.2, -0.15) is 5.10 Å². The second-order valence-electron chi connectivity index (χ2n) is 8.54. The molecule has 2 N–H and O–H groups in total. The number of methoxy groups -OCH3 is 1. The molecule has 2 aromatic heterocycles. The monoisotopic (exact) mass is 514 g/mol. The normalized spacial score (nSPS) is 14.8. The number of hydrogen-bond donors (Lipinski definition) is 2. The molecule has 1 aliphatic carbocycles. The minimum Gasteiger partial charge on any atom is -0.497 e. The van der Waals surface area contributed by atoms with E-state index in [2.05, 4.69) is 27.4 Å². The minimum atomic E-state index is -0.250. The molecule has 1 amide bonds. The summed E-state index contributed by atoms with van der Waals surface area (Å²) < 4.78 is 18.8. The van der Waals surface area contributed by atoms with Gasteiger partial charge in [-0.3, -0.25) is 9.59 Å². The quantitative estimate of drug-likeness (QED) is 0.443. The van der Waals surface area contributed by atoms with Crippen molar-refractivity contribution in [1.82, 2.24) is 14.9 Å². The second kappa shape index (κ2) is 16.2. The maximum atomic E-state index is 12.6. The van der Waals surface area contributed by atoms with E-state index in [0.29, 0.717) is 17.4 Å². The van der Waals surface area contributed by atoms with Crippen molar-refractivity contribution in [2.75, 3.05) is 25.1 Å². The summed E-state index contributed by atoms with van der Waals surface area (Å²) in [6.45, 7) is 5.96. The predicted molar refractivity (Wildman–Crippen MR) is 144 cm³/mol. The largest absolute Gasteiger partial charge is 0.497 e. The highest BCUT2D eigenvalue weighted by atomic mass is 19.1. The smallest absolute Gasteiger partial charge is 0.290 e. The fourth-order valence-electron chi connectivity index (χ4n) is 4.40. The van der Waals surface area contributed by atoms with E-state index >= 15 is 0 Å². The number of ether oxygens (including phenoxy) is 1. The van der Waals surface area contributed by atoms with Crippen LogP contribution in [0.4, 0.5) is 10.1 Å². The molecule has 3 aromatic rings. The number of benzene rings is 1. The standard InChI is InChI=1S/C18H24N4O.C7H7FO.C2H6.CH2O2/c23-18(20-14-6-2-1-3-7-14)16-13-19-22-11-8-15(12-17(16)22)21-9-4-5-10-21;1-9-7-4-2-6(8)3-5-7;1-2;2-1-3/h8,11-14H,1-7,9-10H2,(H,20,23);2-5H,1H3;1-2H3;1H,(H,2,3). The average Bonchev–Trinajstić information content (AvgIpc) is 3.62. The molecule has 9 heteroatoms. The van der Waals surface area contributed by atoms with Gasteiger partial charge in [0.1, 0.15) is 11.6 Å². The third kappa shape index (κ3) is 9.08. The van der Waals surface area contributed by atoms with Crippen LogP contribution in [0.1, 0.15) is 69.2 Å². The number of amides is 1. The van der Waals surface area contributed by atoms with E-state index in [1.807, 2.05) is 20.0 Å². The lowest BCUT2D eigenvalue weighted by molar-refractivity contribution is -0.122. The van der Waals surface area contributed by atoms with Gasteiger partial charge in [-0.05, 0) is 62.1 Å². The lowest BCUT2D eigenvalue weighted by Gasteiger charge is -2.22. The third-order valence-electron chi connectivity index (χ3n) is 6.21. The first-order chi connectivity index (χ1) is 18.0. The summed E-state index contributed by atoms with van der Waals surface area (Å²) in [5.41, 5.74) is 2.79. The molecule has 0 bridgehead atoms. The molecule has 37 heavy (non-hydrogen) atoms.